The molecule has 0 saturated carbocycles. The smallest absolute Gasteiger partial charge is 0.407 e. The van der Waals surface area contributed by atoms with E-state index in [1.165, 1.54) is 4.90 Å². The minimum atomic E-state index is -1.02. The Morgan fingerprint density at radius 1 is 1.23 bits per heavy atom. The summed E-state index contributed by atoms with van der Waals surface area (Å²) in [5.74, 6) is -0.0696. The van der Waals surface area contributed by atoms with Crippen molar-refractivity contribution in [2.75, 3.05) is 40.5 Å². The average Bonchev–Trinajstić information content (AvgIpc) is 2.91. The van der Waals surface area contributed by atoms with Crippen molar-refractivity contribution < 1.29 is 23.8 Å². The number of benzene rings is 1. The molecule has 1 aromatic carbocycles. The molecule has 1 atom stereocenters. The molecule has 4 heterocycles. The van der Waals surface area contributed by atoms with E-state index in [1.54, 1.807) is 26.0 Å². The van der Waals surface area contributed by atoms with Crippen molar-refractivity contribution in [1.82, 2.24) is 19.9 Å². The van der Waals surface area contributed by atoms with E-state index >= 15 is 0 Å². The van der Waals surface area contributed by atoms with Crippen molar-refractivity contribution in [2.45, 2.75) is 38.8 Å². The Balaban J connectivity index is 1.30. The van der Waals surface area contributed by atoms with E-state index in [2.05, 4.69) is 35.8 Å². The highest BCUT2D eigenvalue weighted by Crippen LogP contribution is 2.34. The van der Waals surface area contributed by atoms with Gasteiger partial charge in [-0.25, -0.2) is 19.2 Å². The number of anilines is 6. The molecule has 4 N–H and O–H groups in total. The molecule has 12 nitrogen and oxygen atoms in total. The first kappa shape index (κ1) is 25.9. The van der Waals surface area contributed by atoms with Crippen molar-refractivity contribution in [3.05, 3.63) is 48.4 Å². The molecule has 2 aliphatic heterocycles. The molecule has 1 saturated heterocycles. The van der Waals surface area contributed by atoms with E-state index in [4.69, 9.17) is 4.74 Å². The zero-order valence-corrected chi connectivity index (χ0v) is 21.7. The van der Waals surface area contributed by atoms with Gasteiger partial charge in [0, 0.05) is 31.0 Å². The van der Waals surface area contributed by atoms with Crippen molar-refractivity contribution in [1.29, 1.82) is 0 Å². The van der Waals surface area contributed by atoms with Gasteiger partial charge in [0.25, 0.3) is 5.91 Å². The van der Waals surface area contributed by atoms with Gasteiger partial charge in [-0.1, -0.05) is 13.0 Å². The Kier molecular flexibility index (Phi) is 6.81. The van der Waals surface area contributed by atoms with Crippen LogP contribution in [0, 0.1) is 5.82 Å². The van der Waals surface area contributed by atoms with Gasteiger partial charge in [-0.3, -0.25) is 4.79 Å². The minimum Gasteiger partial charge on any atom is -0.474 e. The highest BCUT2D eigenvalue weighted by molar-refractivity contribution is 5.99. The number of carbonyl (C=O) groups is 2. The summed E-state index contributed by atoms with van der Waals surface area (Å²) in [7, 11) is 0. The summed E-state index contributed by atoms with van der Waals surface area (Å²) < 4.78 is 20.3. The number of hydrogen-bond acceptors (Lipinski definition) is 9. The Bertz CT molecular complexity index is 1420. The van der Waals surface area contributed by atoms with Crippen LogP contribution in [0.5, 0.6) is 5.75 Å². The van der Waals surface area contributed by atoms with Crippen molar-refractivity contribution in [3.8, 4) is 5.75 Å². The molecule has 39 heavy (non-hydrogen) atoms. The lowest BCUT2D eigenvalue weighted by Crippen LogP contribution is -2.54. The highest BCUT2D eigenvalue weighted by Gasteiger charge is 2.36. The number of carbonyl (C=O) groups excluding carboxylic acids is 1. The number of pyridine rings is 1. The molecule has 204 valence electrons. The van der Waals surface area contributed by atoms with Crippen LogP contribution in [0.4, 0.5) is 44.0 Å². The number of halogens is 1. The lowest BCUT2D eigenvalue weighted by molar-refractivity contribution is -0.129. The first-order valence-corrected chi connectivity index (χ1v) is 12.6. The Morgan fingerprint density at radius 2 is 2.05 bits per heavy atom. The summed E-state index contributed by atoms with van der Waals surface area (Å²) >= 11 is 0. The zero-order chi connectivity index (χ0) is 27.7. The molecule has 13 heteroatoms. The van der Waals surface area contributed by atoms with Gasteiger partial charge < -0.3 is 35.6 Å². The summed E-state index contributed by atoms with van der Waals surface area (Å²) in [6.45, 7) is 6.86. The minimum absolute atomic E-state index is 0.0921. The van der Waals surface area contributed by atoms with Crippen LogP contribution in [-0.2, 0) is 4.79 Å². The zero-order valence-electron chi connectivity index (χ0n) is 21.7. The molecule has 0 bridgehead atoms. The number of nitrogens with one attached hydrogen (secondary N) is 3. The molecule has 2 aromatic heterocycles. The molecule has 0 radical (unpaired) electrons. The van der Waals surface area contributed by atoms with Crippen LogP contribution >= 0.6 is 0 Å². The second-order valence-corrected chi connectivity index (χ2v) is 9.78. The van der Waals surface area contributed by atoms with Crippen molar-refractivity contribution >= 4 is 46.8 Å². The monoisotopic (exact) mass is 536 g/mol. The van der Waals surface area contributed by atoms with E-state index in [0.29, 0.717) is 31.1 Å². The number of ether oxygens (including phenoxy) is 1. The van der Waals surface area contributed by atoms with Crippen LogP contribution in [0.25, 0.3) is 0 Å². The maximum atomic E-state index is 14.6. The quantitative estimate of drug-likeness (QED) is 0.362. The van der Waals surface area contributed by atoms with E-state index in [1.807, 2.05) is 31.2 Å². The maximum absolute atomic E-state index is 14.6. The fourth-order valence-electron chi connectivity index (χ4n) is 4.50. The van der Waals surface area contributed by atoms with Crippen molar-refractivity contribution in [3.63, 3.8) is 0 Å². The molecule has 5 rings (SSSR count). The van der Waals surface area contributed by atoms with Crippen LogP contribution in [0.2, 0.25) is 0 Å². The topological polar surface area (TPSA) is 145 Å². The predicted molar refractivity (Wildman–Crippen MR) is 144 cm³/mol. The van der Waals surface area contributed by atoms with E-state index in [9.17, 15) is 19.1 Å². The number of hydrogen-bond donors (Lipinski definition) is 4. The lowest BCUT2D eigenvalue weighted by atomic mass is 10.1. The summed E-state index contributed by atoms with van der Waals surface area (Å²) in [5, 5.41) is 18.1. The van der Waals surface area contributed by atoms with Gasteiger partial charge in [-0.2, -0.15) is 4.98 Å². The molecule has 1 fully saturated rings. The number of nitrogens with zero attached hydrogens (tertiary/aromatic N) is 5. The van der Waals surface area contributed by atoms with E-state index in [-0.39, 0.29) is 35.4 Å². The summed E-state index contributed by atoms with van der Waals surface area (Å²) in [6, 6.07) is 10.7. The van der Waals surface area contributed by atoms with Crippen LogP contribution in [-0.4, -0.2) is 68.2 Å². The Hall–Kier alpha value is -4.68. The first-order chi connectivity index (χ1) is 18.6. The number of piperazine rings is 1. The van der Waals surface area contributed by atoms with Gasteiger partial charge in [0.05, 0.1) is 12.2 Å². The molecule has 2 amide bonds. The highest BCUT2D eigenvalue weighted by atomic mass is 19.1. The van der Waals surface area contributed by atoms with Crippen LogP contribution < -0.4 is 25.6 Å². The molecular formula is C26H29FN8O4. The van der Waals surface area contributed by atoms with Crippen LogP contribution in [0.1, 0.15) is 27.2 Å². The largest absolute Gasteiger partial charge is 0.474 e. The molecule has 3 aromatic rings. The number of carboxylic acid groups (broad SMARTS) is 1. The normalized spacial score (nSPS) is 18.1. The molecule has 0 aliphatic carbocycles. The lowest BCUT2D eigenvalue weighted by Gasteiger charge is -2.40. The van der Waals surface area contributed by atoms with Gasteiger partial charge in [-0.15, -0.1) is 0 Å². The molecule has 2 aliphatic rings. The number of amides is 2. The fourth-order valence-corrected chi connectivity index (χ4v) is 4.50. The summed E-state index contributed by atoms with van der Waals surface area (Å²) in [6.07, 6.45) is 0.864. The summed E-state index contributed by atoms with van der Waals surface area (Å²) in [4.78, 5) is 40.0. The van der Waals surface area contributed by atoms with Crippen molar-refractivity contribution in [2.24, 2.45) is 0 Å². The number of fused-ring (bicyclic) bond motifs is 1. The number of rotatable bonds is 6. The van der Waals surface area contributed by atoms with Gasteiger partial charge >= 0.3 is 6.09 Å². The Morgan fingerprint density at radius 3 is 2.82 bits per heavy atom. The van der Waals surface area contributed by atoms with Gasteiger partial charge in [-0.05, 0) is 50.6 Å². The second kappa shape index (κ2) is 10.2. The SMILES string of the molecule is CCC1CN(c2cccc(Nc3ncc(F)c(Nc4ccc5c(n4)NC(=O)C(C)(C)O5)n3)c2)CCN1C(=O)O. The second-order valence-electron chi connectivity index (χ2n) is 9.78. The average molecular weight is 537 g/mol. The third-order valence-electron chi connectivity index (χ3n) is 6.66. The van der Waals surface area contributed by atoms with Gasteiger partial charge in [0.15, 0.2) is 28.8 Å². The van der Waals surface area contributed by atoms with Crippen LogP contribution in [0.3, 0.4) is 0 Å². The first-order valence-electron chi connectivity index (χ1n) is 12.6. The summed E-state index contributed by atoms with van der Waals surface area (Å²) in [5.41, 5.74) is 0.591. The van der Waals surface area contributed by atoms with Gasteiger partial charge in [0.1, 0.15) is 5.82 Å². The van der Waals surface area contributed by atoms with Crippen LogP contribution in [0.15, 0.2) is 42.6 Å². The number of aromatic nitrogens is 3. The van der Waals surface area contributed by atoms with E-state index < -0.39 is 17.5 Å². The predicted octanol–water partition coefficient (Wildman–Crippen LogP) is 4.19. The molecular weight excluding hydrogens is 507 g/mol. The molecule has 1 unspecified atom stereocenters. The third-order valence-corrected chi connectivity index (χ3v) is 6.66. The van der Waals surface area contributed by atoms with Gasteiger partial charge in [0.2, 0.25) is 5.95 Å². The third kappa shape index (κ3) is 5.47. The van der Waals surface area contributed by atoms with E-state index in [0.717, 1.165) is 18.3 Å². The molecule has 0 spiro atoms. The maximum Gasteiger partial charge on any atom is 0.407 e. The standard InChI is InChI=1S/C26H29FN8O4/c1-4-16-14-34(10-11-35(16)25(37)38)17-7-5-6-15(12-17)29-24-28-13-18(27)21(33-24)30-20-9-8-19-22(31-20)32-23(36)26(2,3)39-19/h5-9,12-13,16H,4,10-11,14H2,1-3H3,(H,37,38)(H3,28,29,30,31,32,33,36). The fraction of sp³-hybridized carbons (Fsp3) is 0.346. The Labute approximate surface area is 224 Å².